The molecule has 1 atom stereocenters. The van der Waals surface area contributed by atoms with Gasteiger partial charge in [0.15, 0.2) is 0 Å². The summed E-state index contributed by atoms with van der Waals surface area (Å²) >= 11 is 0. The van der Waals surface area contributed by atoms with Gasteiger partial charge < -0.3 is 9.64 Å². The number of fused-ring (bicyclic) bond motifs is 1. The quantitative estimate of drug-likeness (QED) is 0.849. The summed E-state index contributed by atoms with van der Waals surface area (Å²) in [4.78, 5) is 14.0. The zero-order chi connectivity index (χ0) is 16.7. The van der Waals surface area contributed by atoms with Crippen molar-refractivity contribution in [3.63, 3.8) is 0 Å². The lowest BCUT2D eigenvalue weighted by Gasteiger charge is -2.26. The molecule has 0 aromatic heterocycles. The van der Waals surface area contributed by atoms with Crippen molar-refractivity contribution < 1.29 is 17.9 Å². The Morgan fingerprint density at radius 1 is 1.41 bits per heavy atom. The first-order chi connectivity index (χ1) is 9.97. The van der Waals surface area contributed by atoms with Gasteiger partial charge in [0.05, 0.1) is 4.90 Å². The zero-order valence-electron chi connectivity index (χ0n) is 13.3. The van der Waals surface area contributed by atoms with E-state index in [-0.39, 0.29) is 23.5 Å². The monoisotopic (exact) mass is 326 g/mol. The molecular weight excluding hydrogens is 304 g/mol. The Bertz CT molecular complexity index is 692. The molecule has 0 amide bonds. The summed E-state index contributed by atoms with van der Waals surface area (Å²) < 4.78 is 28.2. The van der Waals surface area contributed by atoms with Crippen molar-refractivity contribution in [2.45, 2.75) is 50.7 Å². The van der Waals surface area contributed by atoms with Crippen LogP contribution in [-0.4, -0.2) is 32.6 Å². The van der Waals surface area contributed by atoms with Crippen LogP contribution in [0, 0.1) is 0 Å². The lowest BCUT2D eigenvalue weighted by molar-refractivity contribution is -0.153. The van der Waals surface area contributed by atoms with Crippen LogP contribution in [0.2, 0.25) is 0 Å². The molecule has 1 heterocycles. The zero-order valence-corrected chi connectivity index (χ0v) is 14.1. The molecule has 0 spiro atoms. The van der Waals surface area contributed by atoms with Gasteiger partial charge in [-0.25, -0.2) is 13.6 Å². The molecule has 0 fully saturated rings. The number of rotatable bonds is 3. The van der Waals surface area contributed by atoms with Gasteiger partial charge in [-0.3, -0.25) is 4.79 Å². The summed E-state index contributed by atoms with van der Waals surface area (Å²) in [5, 5.41) is 5.15. The third kappa shape index (κ3) is 3.78. The number of esters is 1. The van der Waals surface area contributed by atoms with Gasteiger partial charge in [0.2, 0.25) is 10.0 Å². The molecule has 1 aromatic rings. The third-order valence-corrected chi connectivity index (χ3v) is 4.37. The van der Waals surface area contributed by atoms with Crippen molar-refractivity contribution in [3.05, 3.63) is 23.8 Å². The van der Waals surface area contributed by atoms with Crippen LogP contribution in [0.25, 0.3) is 0 Å². The molecule has 0 unspecified atom stereocenters. The minimum atomic E-state index is -3.72. The Hall–Kier alpha value is -1.60. The molecule has 2 N–H and O–H groups in total. The minimum Gasteiger partial charge on any atom is -0.459 e. The molecule has 2 rings (SSSR count). The Kier molecular flexibility index (Phi) is 4.23. The maximum atomic E-state index is 12.0. The third-order valence-electron chi connectivity index (χ3n) is 3.46. The molecular formula is C15H22N2O4S. The highest BCUT2D eigenvalue weighted by Crippen LogP contribution is 2.33. The van der Waals surface area contributed by atoms with Crippen LogP contribution in [0.5, 0.6) is 0 Å². The summed E-state index contributed by atoms with van der Waals surface area (Å²) in [5.74, 6) is -0.303. The van der Waals surface area contributed by atoms with Crippen LogP contribution < -0.4 is 10.0 Å². The predicted molar refractivity (Wildman–Crippen MR) is 84.2 cm³/mol. The minimum absolute atomic E-state index is 0.0950. The number of carbonyl (C=O) groups excluding carboxylic acids is 1. The van der Waals surface area contributed by atoms with Gasteiger partial charge in [0.25, 0.3) is 0 Å². The van der Waals surface area contributed by atoms with E-state index in [0.29, 0.717) is 6.42 Å². The smallest absolute Gasteiger partial charge is 0.326 e. The second kappa shape index (κ2) is 5.55. The number of benzene rings is 1. The van der Waals surface area contributed by atoms with Crippen LogP contribution in [0.15, 0.2) is 23.1 Å². The lowest BCUT2D eigenvalue weighted by atomic mass is 10.1. The Morgan fingerprint density at radius 2 is 2.05 bits per heavy atom. The number of anilines is 1. The predicted octanol–water partition coefficient (Wildman–Crippen LogP) is 1.43. The topological polar surface area (TPSA) is 89.7 Å². The molecule has 0 aliphatic carbocycles. The first-order valence-electron chi connectivity index (χ1n) is 7.11. The second-order valence-corrected chi connectivity index (χ2v) is 8.16. The number of nitrogens with zero attached hydrogens (tertiary/aromatic N) is 1. The summed E-state index contributed by atoms with van der Waals surface area (Å²) in [7, 11) is -3.72. The van der Waals surface area contributed by atoms with Gasteiger partial charge in [-0.2, -0.15) is 0 Å². The number of hydrogen-bond acceptors (Lipinski definition) is 5. The molecule has 1 aliphatic heterocycles. The molecule has 7 heteroatoms. The van der Waals surface area contributed by atoms with Crippen molar-refractivity contribution >= 4 is 21.7 Å². The Labute approximate surface area is 131 Å². The van der Waals surface area contributed by atoms with Gasteiger partial charge in [-0.1, -0.05) is 0 Å². The van der Waals surface area contributed by atoms with Crippen molar-refractivity contribution in [2.24, 2.45) is 5.14 Å². The number of hydrogen-bond donors (Lipinski definition) is 1. The van der Waals surface area contributed by atoms with E-state index in [4.69, 9.17) is 9.88 Å². The first-order valence-corrected chi connectivity index (χ1v) is 8.66. The van der Waals surface area contributed by atoms with Gasteiger partial charge >= 0.3 is 5.97 Å². The fraction of sp³-hybridized carbons (Fsp3) is 0.533. The van der Waals surface area contributed by atoms with E-state index in [1.165, 1.54) is 6.07 Å². The molecule has 6 nitrogen and oxygen atoms in total. The molecule has 122 valence electrons. The molecule has 22 heavy (non-hydrogen) atoms. The van der Waals surface area contributed by atoms with E-state index in [1.807, 2.05) is 32.6 Å². The number of carbonyl (C=O) groups is 1. The highest BCUT2D eigenvalue weighted by molar-refractivity contribution is 7.89. The van der Waals surface area contributed by atoms with E-state index >= 15 is 0 Å². The fourth-order valence-electron chi connectivity index (χ4n) is 2.60. The Morgan fingerprint density at radius 3 is 2.59 bits per heavy atom. The fourth-order valence-corrected chi connectivity index (χ4v) is 3.17. The van der Waals surface area contributed by atoms with Crippen LogP contribution in [0.4, 0.5) is 5.69 Å². The second-order valence-electron chi connectivity index (χ2n) is 6.60. The van der Waals surface area contributed by atoms with Crippen LogP contribution in [0.1, 0.15) is 33.3 Å². The van der Waals surface area contributed by atoms with Crippen molar-refractivity contribution in [2.75, 3.05) is 11.4 Å². The molecule has 0 saturated carbocycles. The normalized spacial score (nSPS) is 18.2. The maximum Gasteiger partial charge on any atom is 0.326 e. The van der Waals surface area contributed by atoms with Gasteiger partial charge in [-0.05, 0) is 57.9 Å². The standard InChI is InChI=1S/C15H22N2O4S/c1-10-7-11-8-12(22(16,19)20)5-6-13(11)17(10)9-14(18)21-15(2,3)4/h5-6,8,10H,7,9H2,1-4H3,(H2,16,19,20)/t10-/m1/s1. The molecule has 0 saturated heterocycles. The molecule has 0 radical (unpaired) electrons. The summed E-state index contributed by atoms with van der Waals surface area (Å²) in [6.45, 7) is 7.60. The highest BCUT2D eigenvalue weighted by Gasteiger charge is 2.30. The number of primary sulfonamides is 1. The molecule has 0 bridgehead atoms. The van der Waals surface area contributed by atoms with Crippen molar-refractivity contribution in [1.29, 1.82) is 0 Å². The van der Waals surface area contributed by atoms with Crippen LogP contribution in [-0.2, 0) is 26.0 Å². The maximum absolute atomic E-state index is 12.0. The van der Waals surface area contributed by atoms with E-state index in [0.717, 1.165) is 11.3 Å². The largest absolute Gasteiger partial charge is 0.459 e. The summed E-state index contributed by atoms with van der Waals surface area (Å²) in [5.41, 5.74) is 1.20. The first kappa shape index (κ1) is 16.8. The number of nitrogens with two attached hydrogens (primary N) is 1. The average molecular weight is 326 g/mol. The average Bonchev–Trinajstić information content (AvgIpc) is 2.61. The SMILES string of the molecule is C[C@@H]1Cc2cc(S(N)(=O)=O)ccc2N1CC(=O)OC(C)(C)C. The summed E-state index contributed by atoms with van der Waals surface area (Å²) in [6, 6.07) is 4.84. The number of sulfonamides is 1. The Balaban J connectivity index is 2.22. The van der Waals surface area contributed by atoms with E-state index in [2.05, 4.69) is 0 Å². The van der Waals surface area contributed by atoms with E-state index in [9.17, 15) is 13.2 Å². The van der Waals surface area contributed by atoms with Gasteiger partial charge in [-0.15, -0.1) is 0 Å². The van der Waals surface area contributed by atoms with E-state index < -0.39 is 15.6 Å². The van der Waals surface area contributed by atoms with Crippen LogP contribution >= 0.6 is 0 Å². The van der Waals surface area contributed by atoms with Crippen molar-refractivity contribution in [3.8, 4) is 0 Å². The van der Waals surface area contributed by atoms with Crippen molar-refractivity contribution in [1.82, 2.24) is 0 Å². The summed E-state index contributed by atoms with van der Waals surface area (Å²) in [6.07, 6.45) is 0.668. The van der Waals surface area contributed by atoms with Crippen LogP contribution in [0.3, 0.4) is 0 Å². The highest BCUT2D eigenvalue weighted by atomic mass is 32.2. The molecule has 1 aromatic carbocycles. The lowest BCUT2D eigenvalue weighted by Crippen LogP contribution is -2.38. The number of ether oxygens (including phenoxy) is 1. The van der Waals surface area contributed by atoms with E-state index in [1.54, 1.807) is 12.1 Å². The van der Waals surface area contributed by atoms with Gasteiger partial charge in [0.1, 0.15) is 12.1 Å². The molecule has 1 aliphatic rings. The van der Waals surface area contributed by atoms with Gasteiger partial charge in [0, 0.05) is 11.7 Å².